The third-order valence-corrected chi connectivity index (χ3v) is 3.82. The number of halogens is 2. The number of nitrogens with zero attached hydrogens (tertiary/aromatic N) is 3. The molecule has 0 radical (unpaired) electrons. The fraction of sp³-hybridized carbons (Fsp3) is 0.0625. The lowest BCUT2D eigenvalue weighted by atomic mass is 10.2. The predicted molar refractivity (Wildman–Crippen MR) is 92.7 cm³/mol. The Morgan fingerprint density at radius 2 is 2.13 bits per heavy atom. The monoisotopic (exact) mass is 390 g/mol. The highest BCUT2D eigenvalue weighted by Gasteiger charge is 2.11. The van der Waals surface area contributed by atoms with Crippen molar-refractivity contribution in [2.24, 2.45) is 0 Å². The maximum Gasteiger partial charge on any atom is 0.258 e. The summed E-state index contributed by atoms with van der Waals surface area (Å²) in [5.41, 5.74) is 1.47. The van der Waals surface area contributed by atoms with E-state index in [0.29, 0.717) is 22.9 Å². The molecule has 0 saturated heterocycles. The Morgan fingerprint density at radius 3 is 2.91 bits per heavy atom. The summed E-state index contributed by atoms with van der Waals surface area (Å²) in [5.74, 6) is 0.363. The molecule has 3 rings (SSSR count). The molecule has 0 aliphatic rings. The zero-order valence-electron chi connectivity index (χ0n) is 11.9. The molecular formula is C16H12BrClN4O. The molecule has 116 valence electrons. The molecule has 7 heteroatoms. The second-order valence-corrected chi connectivity index (χ2v) is 6.20. The Hall–Kier alpha value is -2.18. The SMILES string of the molecule is O=C(Nc1ccnn1Cc1cccc(Cl)c1)c1cncc(Br)c1. The normalized spacial score (nSPS) is 10.5. The zero-order valence-corrected chi connectivity index (χ0v) is 14.3. The van der Waals surface area contributed by atoms with Crippen molar-refractivity contribution in [3.8, 4) is 0 Å². The molecule has 0 spiro atoms. The van der Waals surface area contributed by atoms with Crippen molar-refractivity contribution in [2.45, 2.75) is 6.54 Å². The molecule has 1 amide bonds. The number of amides is 1. The molecule has 1 N–H and O–H groups in total. The van der Waals surface area contributed by atoms with Crippen LogP contribution in [0.15, 0.2) is 59.5 Å². The van der Waals surface area contributed by atoms with Gasteiger partial charge in [-0.2, -0.15) is 5.10 Å². The van der Waals surface area contributed by atoms with Crippen molar-refractivity contribution >= 4 is 39.3 Å². The van der Waals surface area contributed by atoms with Crippen LogP contribution in [0.25, 0.3) is 0 Å². The Balaban J connectivity index is 1.77. The Morgan fingerprint density at radius 1 is 1.26 bits per heavy atom. The van der Waals surface area contributed by atoms with E-state index in [2.05, 4.69) is 31.3 Å². The Kier molecular flexibility index (Phi) is 4.73. The van der Waals surface area contributed by atoms with Crippen LogP contribution in [0.4, 0.5) is 5.82 Å². The quantitative estimate of drug-likeness (QED) is 0.731. The molecule has 1 aromatic carbocycles. The number of hydrogen-bond donors (Lipinski definition) is 1. The van der Waals surface area contributed by atoms with Gasteiger partial charge in [0.05, 0.1) is 18.3 Å². The third-order valence-electron chi connectivity index (χ3n) is 3.15. The second-order valence-electron chi connectivity index (χ2n) is 4.85. The summed E-state index contributed by atoms with van der Waals surface area (Å²) in [4.78, 5) is 16.3. The molecule has 5 nitrogen and oxygen atoms in total. The van der Waals surface area contributed by atoms with Gasteiger partial charge in [-0.25, -0.2) is 4.68 Å². The van der Waals surface area contributed by atoms with Crippen LogP contribution < -0.4 is 5.32 Å². The first-order valence-electron chi connectivity index (χ1n) is 6.80. The van der Waals surface area contributed by atoms with Crippen molar-refractivity contribution in [2.75, 3.05) is 5.32 Å². The average molecular weight is 392 g/mol. The number of nitrogens with one attached hydrogen (secondary N) is 1. The fourth-order valence-corrected chi connectivity index (χ4v) is 2.68. The van der Waals surface area contributed by atoms with E-state index in [1.807, 2.05) is 24.3 Å². The van der Waals surface area contributed by atoms with Crippen molar-refractivity contribution < 1.29 is 4.79 Å². The largest absolute Gasteiger partial charge is 0.307 e. The summed E-state index contributed by atoms with van der Waals surface area (Å²) < 4.78 is 2.45. The Labute approximate surface area is 146 Å². The number of carbonyl (C=O) groups excluding carboxylic acids is 1. The highest BCUT2D eigenvalue weighted by atomic mass is 79.9. The molecule has 0 aliphatic heterocycles. The number of carbonyl (C=O) groups is 1. The van der Waals surface area contributed by atoms with Gasteiger partial charge in [0.2, 0.25) is 0 Å². The van der Waals surface area contributed by atoms with Crippen LogP contribution in [0, 0.1) is 0 Å². The first-order valence-corrected chi connectivity index (χ1v) is 7.97. The van der Waals surface area contributed by atoms with E-state index in [9.17, 15) is 4.79 Å². The summed E-state index contributed by atoms with van der Waals surface area (Å²) in [6.07, 6.45) is 4.78. The van der Waals surface area contributed by atoms with Crippen LogP contribution in [-0.4, -0.2) is 20.7 Å². The highest BCUT2D eigenvalue weighted by Crippen LogP contribution is 2.16. The minimum absolute atomic E-state index is 0.244. The molecule has 0 bridgehead atoms. The molecule has 23 heavy (non-hydrogen) atoms. The van der Waals surface area contributed by atoms with Gasteiger partial charge in [-0.1, -0.05) is 23.7 Å². The molecule has 0 saturated carbocycles. The van der Waals surface area contributed by atoms with Crippen LogP contribution in [0.2, 0.25) is 5.02 Å². The molecule has 0 fully saturated rings. The number of rotatable bonds is 4. The van der Waals surface area contributed by atoms with E-state index in [-0.39, 0.29) is 5.91 Å². The van der Waals surface area contributed by atoms with Gasteiger partial charge in [0.25, 0.3) is 5.91 Å². The molecular weight excluding hydrogens is 380 g/mol. The summed E-state index contributed by atoms with van der Waals surface area (Å²) in [7, 11) is 0. The maximum atomic E-state index is 12.3. The number of hydrogen-bond acceptors (Lipinski definition) is 3. The zero-order chi connectivity index (χ0) is 16.2. The Bertz CT molecular complexity index is 849. The second kappa shape index (κ2) is 6.93. The van der Waals surface area contributed by atoms with Gasteiger partial charge in [-0.3, -0.25) is 9.78 Å². The predicted octanol–water partition coefficient (Wildman–Crippen LogP) is 3.99. The third kappa shape index (κ3) is 3.97. The van der Waals surface area contributed by atoms with Gasteiger partial charge < -0.3 is 5.32 Å². The van der Waals surface area contributed by atoms with Crippen LogP contribution in [-0.2, 0) is 6.54 Å². The lowest BCUT2D eigenvalue weighted by molar-refractivity contribution is 0.102. The van der Waals surface area contributed by atoms with Gasteiger partial charge in [-0.15, -0.1) is 0 Å². The summed E-state index contributed by atoms with van der Waals surface area (Å²) in [6.45, 7) is 0.514. The lowest BCUT2D eigenvalue weighted by Crippen LogP contribution is -2.16. The molecule has 2 aromatic heterocycles. The number of aromatic nitrogens is 3. The van der Waals surface area contributed by atoms with Gasteiger partial charge in [0.15, 0.2) is 0 Å². The topological polar surface area (TPSA) is 59.8 Å². The van der Waals surface area contributed by atoms with E-state index < -0.39 is 0 Å². The van der Waals surface area contributed by atoms with Crippen molar-refractivity contribution in [1.29, 1.82) is 0 Å². The first-order chi connectivity index (χ1) is 11.1. The highest BCUT2D eigenvalue weighted by molar-refractivity contribution is 9.10. The van der Waals surface area contributed by atoms with Gasteiger partial charge in [0, 0.05) is 28.0 Å². The minimum atomic E-state index is -0.244. The summed E-state index contributed by atoms with van der Waals surface area (Å²) in [6, 6.07) is 11.0. The molecule has 0 atom stereocenters. The van der Waals surface area contributed by atoms with Gasteiger partial charge in [0.1, 0.15) is 5.82 Å². The van der Waals surface area contributed by atoms with Crippen LogP contribution >= 0.6 is 27.5 Å². The van der Waals surface area contributed by atoms with Crippen LogP contribution in [0.3, 0.4) is 0 Å². The van der Waals surface area contributed by atoms with Crippen molar-refractivity contribution in [3.05, 3.63) is 75.6 Å². The fourth-order valence-electron chi connectivity index (χ4n) is 2.10. The molecule has 0 aliphatic carbocycles. The number of benzene rings is 1. The average Bonchev–Trinajstić information content (AvgIpc) is 2.94. The maximum absolute atomic E-state index is 12.3. The van der Waals surface area contributed by atoms with Crippen LogP contribution in [0.5, 0.6) is 0 Å². The van der Waals surface area contributed by atoms with Crippen molar-refractivity contribution in [1.82, 2.24) is 14.8 Å². The van der Waals surface area contributed by atoms with Gasteiger partial charge in [-0.05, 0) is 39.7 Å². The van der Waals surface area contributed by atoms with Crippen LogP contribution in [0.1, 0.15) is 15.9 Å². The summed E-state index contributed by atoms with van der Waals surface area (Å²) in [5, 5.41) is 7.74. The van der Waals surface area contributed by atoms with E-state index >= 15 is 0 Å². The van der Waals surface area contributed by atoms with Crippen molar-refractivity contribution in [3.63, 3.8) is 0 Å². The number of pyridine rings is 1. The van der Waals surface area contributed by atoms with E-state index in [0.717, 1.165) is 10.0 Å². The molecule has 3 aromatic rings. The lowest BCUT2D eigenvalue weighted by Gasteiger charge is -2.09. The smallest absolute Gasteiger partial charge is 0.258 e. The minimum Gasteiger partial charge on any atom is -0.307 e. The summed E-state index contributed by atoms with van der Waals surface area (Å²) >= 11 is 9.29. The standard InChI is InChI=1S/C16H12BrClN4O/c17-13-7-12(8-19-9-13)16(23)21-15-4-5-20-22(15)10-11-2-1-3-14(18)6-11/h1-9H,10H2,(H,21,23). The molecule has 0 unspecified atom stereocenters. The number of anilines is 1. The first kappa shape index (κ1) is 15.7. The van der Waals surface area contributed by atoms with Gasteiger partial charge >= 0.3 is 0 Å². The molecule has 2 heterocycles. The van der Waals surface area contributed by atoms with E-state index in [1.165, 1.54) is 6.20 Å². The van der Waals surface area contributed by atoms with E-state index in [1.54, 1.807) is 29.2 Å². The van der Waals surface area contributed by atoms with E-state index in [4.69, 9.17) is 11.6 Å².